The Bertz CT molecular complexity index is 3720. The van der Waals surface area contributed by atoms with Crippen LogP contribution in [0.4, 0.5) is 0 Å². The van der Waals surface area contributed by atoms with Crippen LogP contribution in [0.1, 0.15) is 0 Å². The Kier molecular flexibility index (Phi) is 8.40. The number of pyridine rings is 2. The summed E-state index contributed by atoms with van der Waals surface area (Å²) in [5, 5.41) is 16.1. The number of hydrogen-bond donors (Lipinski definition) is 0. The molecule has 0 aliphatic carbocycles. The van der Waals surface area contributed by atoms with Crippen molar-refractivity contribution in [3.05, 3.63) is 213 Å². The van der Waals surface area contributed by atoms with Gasteiger partial charge in [0.25, 0.3) is 0 Å². The van der Waals surface area contributed by atoms with Gasteiger partial charge in [-0.15, -0.1) is 0 Å². The molecule has 1 unspecified atom stereocenters. The molecule has 3 heterocycles. The zero-order valence-electron chi connectivity index (χ0n) is 32.8. The molecule has 0 saturated heterocycles. The second-order valence-electron chi connectivity index (χ2n) is 15.7. The Morgan fingerprint density at radius 2 is 0.951 bits per heavy atom. The molecule has 0 amide bonds. The van der Waals surface area contributed by atoms with Crippen LogP contribution >= 0.6 is 12.7 Å². The van der Waals surface area contributed by atoms with Gasteiger partial charge in [0, 0.05) is 0 Å². The first-order valence-corrected chi connectivity index (χ1v) is 26.1. The molecule has 3 aromatic heterocycles. The molecular weight excluding hydrogens is 848 g/mol. The van der Waals surface area contributed by atoms with Gasteiger partial charge in [0.1, 0.15) is 0 Å². The summed E-state index contributed by atoms with van der Waals surface area (Å²) in [7, 11) is -3.42. The van der Waals surface area contributed by atoms with E-state index in [1.807, 2.05) is 48.8 Å². The van der Waals surface area contributed by atoms with Crippen molar-refractivity contribution in [3.8, 4) is 0 Å². The topological polar surface area (TPSA) is 47.3 Å². The summed E-state index contributed by atoms with van der Waals surface area (Å²) in [5.41, 5.74) is 1.49. The molecular formula is C54H35N3OP2Se. The van der Waals surface area contributed by atoms with Gasteiger partial charge in [-0.05, 0) is 21.5 Å². The van der Waals surface area contributed by atoms with Crippen LogP contribution in [0.2, 0.25) is 0 Å². The Hall–Kier alpha value is -6.44. The maximum absolute atomic E-state index is 16.3. The fraction of sp³-hybridized carbons (Fsp3) is 0. The van der Waals surface area contributed by atoms with Crippen molar-refractivity contribution in [2.45, 2.75) is 0 Å². The fourth-order valence-electron chi connectivity index (χ4n) is 9.37. The molecule has 0 N–H and O–H groups in total. The van der Waals surface area contributed by atoms with Crippen molar-refractivity contribution >= 4 is 130 Å². The van der Waals surface area contributed by atoms with E-state index in [0.717, 1.165) is 86.6 Å². The Labute approximate surface area is 359 Å². The molecule has 288 valence electrons. The number of nitrogens with zero attached hydrogens (tertiary/aromatic N) is 3. The third-order valence-corrected chi connectivity index (χ3v) is 22.4. The first-order chi connectivity index (χ1) is 30.0. The van der Waals surface area contributed by atoms with E-state index >= 15 is 4.57 Å². The number of aromatic nitrogens is 3. The monoisotopic (exact) mass is 883 g/mol. The Balaban J connectivity index is 1.17. The van der Waals surface area contributed by atoms with Crippen LogP contribution in [0.25, 0.3) is 70.7 Å². The van der Waals surface area contributed by atoms with Crippen molar-refractivity contribution < 1.29 is 4.57 Å². The summed E-state index contributed by atoms with van der Waals surface area (Å²) in [4.78, 5) is 9.93. The van der Waals surface area contributed by atoms with Gasteiger partial charge in [-0.3, -0.25) is 0 Å². The number of hydrogen-bond acceptors (Lipinski definition) is 3. The van der Waals surface area contributed by atoms with E-state index in [4.69, 9.17) is 4.98 Å². The summed E-state index contributed by atoms with van der Waals surface area (Å²) in [5.74, 6) is 0. The quantitative estimate of drug-likeness (QED) is 0.0950. The molecule has 7 heteroatoms. The molecule has 0 bridgehead atoms. The van der Waals surface area contributed by atoms with Gasteiger partial charge in [-0.2, -0.15) is 0 Å². The number of imidazole rings is 1. The SMILES string of the molecule is O=P(c1ccc2ccccc2c1)(c1ccc2ccccc2c1)c1ccc2c(c1)nc1c3c4ccccc4ccc3c3ccc(P(=[Se])(c4ccccc4)c4ccncc4)cc3n21. The van der Waals surface area contributed by atoms with Crippen LogP contribution in [0, 0.1) is 0 Å². The van der Waals surface area contributed by atoms with Crippen molar-refractivity contribution in [3.63, 3.8) is 0 Å². The average Bonchev–Trinajstić information content (AvgIpc) is 3.72. The van der Waals surface area contributed by atoms with Gasteiger partial charge in [-0.1, -0.05) is 60.7 Å². The second-order valence-corrected chi connectivity index (χ2v) is 24.7. The van der Waals surface area contributed by atoms with E-state index in [1.165, 1.54) is 15.9 Å². The molecule has 0 aliphatic heterocycles. The molecule has 0 aliphatic rings. The predicted molar refractivity (Wildman–Crippen MR) is 262 cm³/mol. The molecule has 61 heavy (non-hydrogen) atoms. The van der Waals surface area contributed by atoms with Crippen LogP contribution in [0.15, 0.2) is 213 Å². The molecule has 0 radical (unpaired) electrons. The van der Waals surface area contributed by atoms with Crippen molar-refractivity contribution in [1.29, 1.82) is 0 Å². The molecule has 9 aromatic carbocycles. The normalized spacial score (nSPS) is 13.2. The van der Waals surface area contributed by atoms with E-state index < -0.39 is 12.7 Å². The van der Waals surface area contributed by atoms with Gasteiger partial charge in [0.15, 0.2) is 0 Å². The summed E-state index contributed by atoms with van der Waals surface area (Å²) >= 11 is 3.75. The van der Waals surface area contributed by atoms with Crippen molar-refractivity contribution in [1.82, 2.24) is 14.4 Å². The fourth-order valence-corrected chi connectivity index (χ4v) is 16.9. The minimum absolute atomic E-state index is 0.753. The average molecular weight is 883 g/mol. The second kappa shape index (κ2) is 14.1. The van der Waals surface area contributed by atoms with Crippen LogP contribution in [-0.4, -0.2) is 29.5 Å². The third kappa shape index (κ3) is 5.59. The molecule has 0 fully saturated rings. The predicted octanol–water partition coefficient (Wildman–Crippen LogP) is 10.7. The van der Waals surface area contributed by atoms with Crippen LogP contribution in [0.5, 0.6) is 0 Å². The Morgan fingerprint density at radius 1 is 0.410 bits per heavy atom. The van der Waals surface area contributed by atoms with Gasteiger partial charge in [0.05, 0.1) is 0 Å². The molecule has 0 saturated carbocycles. The number of rotatable bonds is 6. The molecule has 4 nitrogen and oxygen atoms in total. The zero-order valence-corrected chi connectivity index (χ0v) is 36.3. The summed E-state index contributed by atoms with van der Waals surface area (Å²) < 4.78 is 18.7. The van der Waals surface area contributed by atoms with Crippen molar-refractivity contribution in [2.75, 3.05) is 0 Å². The van der Waals surface area contributed by atoms with E-state index in [2.05, 4.69) is 188 Å². The molecule has 12 aromatic rings. The molecule has 0 spiro atoms. The first kappa shape index (κ1) is 36.4. The number of benzene rings is 9. The van der Waals surface area contributed by atoms with E-state index in [0.29, 0.717) is 0 Å². The van der Waals surface area contributed by atoms with E-state index in [9.17, 15) is 0 Å². The zero-order chi connectivity index (χ0) is 40.7. The van der Waals surface area contributed by atoms with Crippen LogP contribution in [-0.2, 0) is 4.57 Å². The number of fused-ring (bicyclic) bond motifs is 12. The van der Waals surface area contributed by atoms with Gasteiger partial charge >= 0.3 is 280 Å². The van der Waals surface area contributed by atoms with E-state index in [1.54, 1.807) is 0 Å². The van der Waals surface area contributed by atoms with Gasteiger partial charge in [0.2, 0.25) is 0 Å². The van der Waals surface area contributed by atoms with Gasteiger partial charge in [-0.25, -0.2) is 0 Å². The van der Waals surface area contributed by atoms with Crippen molar-refractivity contribution in [2.24, 2.45) is 0 Å². The third-order valence-electron chi connectivity index (χ3n) is 12.4. The minimum atomic E-state index is -3.42. The summed E-state index contributed by atoms with van der Waals surface area (Å²) in [6.07, 6.45) is 3.77. The van der Waals surface area contributed by atoms with Gasteiger partial charge < -0.3 is 0 Å². The standard InChI is InChI=1S/C54H35N3OP2Se/c58-59(43-21-18-36-10-4-6-13-39(36)32-43,44-22-19-37-11-5-7-14-40(37)33-44)45-24-27-51-50(34-45)56-54-53-47-17-9-8-12-38(47)20-25-49(53)48-26-23-46(35-52(48)57(51)54)60(61,41-15-2-1-3-16-41)42-28-30-55-31-29-42/h1-35H. The maximum atomic E-state index is 16.3. The summed E-state index contributed by atoms with van der Waals surface area (Å²) in [6, 6.07) is 70.5. The Morgan fingerprint density at radius 3 is 1.66 bits per heavy atom. The van der Waals surface area contributed by atoms with E-state index in [-0.39, 0.29) is 0 Å². The molecule has 12 rings (SSSR count). The van der Waals surface area contributed by atoms with Crippen LogP contribution < -0.4 is 31.8 Å². The first-order valence-electron chi connectivity index (χ1n) is 20.3. The van der Waals surface area contributed by atoms with Crippen LogP contribution in [0.3, 0.4) is 0 Å². The summed E-state index contributed by atoms with van der Waals surface area (Å²) in [6.45, 7) is 0. The molecule has 1 atom stereocenters.